The molecule has 2 aromatic heterocycles. The molecule has 0 bridgehead atoms. The van der Waals surface area contributed by atoms with Gasteiger partial charge in [-0.2, -0.15) is 13.8 Å². The summed E-state index contributed by atoms with van der Waals surface area (Å²) in [6.45, 7) is 1.17. The van der Waals surface area contributed by atoms with Crippen LogP contribution in [-0.4, -0.2) is 35.8 Å². The van der Waals surface area contributed by atoms with Crippen LogP contribution in [0.5, 0.6) is 11.5 Å². The van der Waals surface area contributed by atoms with Crippen LogP contribution >= 0.6 is 0 Å². The summed E-state index contributed by atoms with van der Waals surface area (Å²) in [5, 5.41) is 0. The molecule has 200 valence electrons. The number of aryl methyl sites for hydroxylation is 1. The van der Waals surface area contributed by atoms with Crippen molar-refractivity contribution >= 4 is 28.1 Å². The monoisotopic (exact) mass is 529 g/mol. The second kappa shape index (κ2) is 11.0. The van der Waals surface area contributed by atoms with Gasteiger partial charge in [-0.3, -0.25) is 0 Å². The Kier molecular flexibility index (Phi) is 7.31. The zero-order valence-corrected chi connectivity index (χ0v) is 22.2. The first-order valence-electron chi connectivity index (χ1n) is 12.4. The molecule has 0 radical (unpaired) electrons. The SMILES string of the molecule is COc1ccc(CN(Cc2ccc(OC)cc2)c2cc(N(C)c3ccc(F)nc3F)cc3c2ncn3C)cc1. The van der Waals surface area contributed by atoms with Gasteiger partial charge in [0, 0.05) is 32.9 Å². The number of rotatable bonds is 9. The predicted octanol–water partition coefficient (Wildman–Crippen LogP) is 6.24. The molecule has 39 heavy (non-hydrogen) atoms. The van der Waals surface area contributed by atoms with Gasteiger partial charge in [-0.05, 0) is 59.7 Å². The molecular formula is C30H29F2N5O2. The van der Waals surface area contributed by atoms with Crippen LogP contribution in [0.2, 0.25) is 0 Å². The van der Waals surface area contributed by atoms with Crippen molar-refractivity contribution in [1.29, 1.82) is 0 Å². The first kappa shape index (κ1) is 26.0. The number of fused-ring (bicyclic) bond motifs is 1. The van der Waals surface area contributed by atoms with Crippen molar-refractivity contribution in [3.05, 3.63) is 102 Å². The lowest BCUT2D eigenvalue weighted by Gasteiger charge is -2.28. The highest BCUT2D eigenvalue weighted by Crippen LogP contribution is 2.36. The fraction of sp³-hybridized carbons (Fsp3) is 0.200. The van der Waals surface area contributed by atoms with E-state index in [2.05, 4.69) is 9.88 Å². The summed E-state index contributed by atoms with van der Waals surface area (Å²) in [7, 11) is 6.94. The van der Waals surface area contributed by atoms with E-state index in [1.165, 1.54) is 6.07 Å². The van der Waals surface area contributed by atoms with Gasteiger partial charge in [0.05, 0.1) is 37.4 Å². The third kappa shape index (κ3) is 5.47. The largest absolute Gasteiger partial charge is 0.497 e. The Morgan fingerprint density at radius 2 is 1.38 bits per heavy atom. The Morgan fingerprint density at radius 3 is 1.92 bits per heavy atom. The van der Waals surface area contributed by atoms with Crippen molar-refractivity contribution in [2.45, 2.75) is 13.1 Å². The standard InChI is InChI=1S/C30H29F2N5O2/c1-35-19-33-29-26(35)15-22(36(2)25-13-14-28(31)34-30(25)32)16-27(29)37(17-20-5-9-23(38-3)10-6-20)18-21-7-11-24(39-4)12-8-21/h5-16,19H,17-18H2,1-4H3. The van der Waals surface area contributed by atoms with Crippen molar-refractivity contribution in [2.75, 3.05) is 31.1 Å². The van der Waals surface area contributed by atoms with Crippen LogP contribution in [0.4, 0.5) is 25.8 Å². The van der Waals surface area contributed by atoms with Crippen molar-refractivity contribution in [1.82, 2.24) is 14.5 Å². The smallest absolute Gasteiger partial charge is 0.239 e. The van der Waals surface area contributed by atoms with Gasteiger partial charge in [0.1, 0.15) is 17.0 Å². The van der Waals surface area contributed by atoms with Crippen LogP contribution in [-0.2, 0) is 20.1 Å². The second-order valence-electron chi connectivity index (χ2n) is 9.24. The first-order chi connectivity index (χ1) is 18.9. The number of ether oxygens (including phenoxy) is 2. The average Bonchev–Trinajstić information content (AvgIpc) is 3.33. The second-order valence-corrected chi connectivity index (χ2v) is 9.24. The van der Waals surface area contributed by atoms with E-state index in [1.807, 2.05) is 72.3 Å². The molecule has 0 aliphatic carbocycles. The summed E-state index contributed by atoms with van der Waals surface area (Å²) in [4.78, 5) is 12.0. The zero-order chi connectivity index (χ0) is 27.5. The van der Waals surface area contributed by atoms with E-state index in [0.29, 0.717) is 18.8 Å². The van der Waals surface area contributed by atoms with Crippen LogP contribution < -0.4 is 19.3 Å². The molecule has 5 aromatic rings. The summed E-state index contributed by atoms with van der Waals surface area (Å²) in [6, 6.07) is 22.3. The van der Waals surface area contributed by atoms with Gasteiger partial charge in [-0.25, -0.2) is 4.98 Å². The number of pyridine rings is 1. The Morgan fingerprint density at radius 1 is 0.795 bits per heavy atom. The average molecular weight is 530 g/mol. The lowest BCUT2D eigenvalue weighted by molar-refractivity contribution is 0.414. The van der Waals surface area contributed by atoms with Gasteiger partial charge in [-0.15, -0.1) is 0 Å². The number of hydrogen-bond acceptors (Lipinski definition) is 6. The molecule has 7 nitrogen and oxygen atoms in total. The van der Waals surface area contributed by atoms with Crippen LogP contribution in [0.1, 0.15) is 11.1 Å². The summed E-state index contributed by atoms with van der Waals surface area (Å²) in [5.41, 5.74) is 5.61. The summed E-state index contributed by atoms with van der Waals surface area (Å²) in [6.07, 6.45) is 1.76. The minimum atomic E-state index is -0.877. The molecular weight excluding hydrogens is 500 g/mol. The minimum absolute atomic E-state index is 0.167. The van der Waals surface area contributed by atoms with Gasteiger partial charge in [0.25, 0.3) is 0 Å². The van der Waals surface area contributed by atoms with Crippen molar-refractivity contribution in [2.24, 2.45) is 7.05 Å². The summed E-state index contributed by atoms with van der Waals surface area (Å²) < 4.78 is 40.7. The van der Waals surface area contributed by atoms with E-state index < -0.39 is 11.9 Å². The molecule has 0 amide bonds. The number of benzene rings is 3. The maximum atomic E-state index is 14.6. The van der Waals surface area contributed by atoms with E-state index in [1.54, 1.807) is 32.5 Å². The lowest BCUT2D eigenvalue weighted by atomic mass is 10.1. The van der Waals surface area contributed by atoms with Crippen LogP contribution in [0.25, 0.3) is 11.0 Å². The molecule has 2 heterocycles. The summed E-state index contributed by atoms with van der Waals surface area (Å²) in [5.74, 6) is -0.174. The number of halogens is 2. The minimum Gasteiger partial charge on any atom is -0.497 e. The fourth-order valence-electron chi connectivity index (χ4n) is 4.56. The molecule has 0 saturated carbocycles. The molecule has 0 N–H and O–H groups in total. The topological polar surface area (TPSA) is 55.7 Å². The first-order valence-corrected chi connectivity index (χ1v) is 12.4. The molecule has 0 aliphatic rings. The Hall–Kier alpha value is -4.66. The van der Waals surface area contributed by atoms with Crippen molar-refractivity contribution in [3.63, 3.8) is 0 Å². The summed E-state index contributed by atoms with van der Waals surface area (Å²) >= 11 is 0. The number of aromatic nitrogens is 3. The number of imidazole rings is 1. The number of hydrogen-bond donors (Lipinski definition) is 0. The Balaban J connectivity index is 1.61. The molecule has 0 unspecified atom stereocenters. The van der Waals surface area contributed by atoms with Gasteiger partial charge in [0.15, 0.2) is 0 Å². The van der Waals surface area contributed by atoms with E-state index >= 15 is 0 Å². The van der Waals surface area contributed by atoms with E-state index in [0.717, 1.165) is 45.4 Å². The zero-order valence-electron chi connectivity index (χ0n) is 22.2. The highest BCUT2D eigenvalue weighted by atomic mass is 19.1. The van der Waals surface area contributed by atoms with Crippen molar-refractivity contribution in [3.8, 4) is 11.5 Å². The normalized spacial score (nSPS) is 11.0. The Bertz CT molecular complexity index is 1540. The highest BCUT2D eigenvalue weighted by Gasteiger charge is 2.20. The van der Waals surface area contributed by atoms with E-state index in [-0.39, 0.29) is 5.69 Å². The van der Waals surface area contributed by atoms with E-state index in [9.17, 15) is 8.78 Å². The van der Waals surface area contributed by atoms with Crippen LogP contribution in [0.15, 0.2) is 79.1 Å². The van der Waals surface area contributed by atoms with Gasteiger partial charge in [0.2, 0.25) is 11.9 Å². The third-order valence-corrected chi connectivity index (χ3v) is 6.74. The fourth-order valence-corrected chi connectivity index (χ4v) is 4.56. The molecule has 9 heteroatoms. The third-order valence-electron chi connectivity index (χ3n) is 6.74. The molecule has 0 spiro atoms. The quantitative estimate of drug-likeness (QED) is 0.211. The van der Waals surface area contributed by atoms with Crippen LogP contribution in [0.3, 0.4) is 0 Å². The van der Waals surface area contributed by atoms with Crippen molar-refractivity contribution < 1.29 is 18.3 Å². The number of anilines is 3. The highest BCUT2D eigenvalue weighted by molar-refractivity contribution is 5.93. The van der Waals surface area contributed by atoms with Gasteiger partial charge in [-0.1, -0.05) is 24.3 Å². The number of nitrogens with zero attached hydrogens (tertiary/aromatic N) is 5. The van der Waals surface area contributed by atoms with Gasteiger partial charge >= 0.3 is 0 Å². The maximum Gasteiger partial charge on any atom is 0.239 e. The van der Waals surface area contributed by atoms with E-state index in [4.69, 9.17) is 14.5 Å². The molecule has 3 aromatic carbocycles. The number of methoxy groups -OCH3 is 2. The molecule has 0 aliphatic heterocycles. The molecule has 0 atom stereocenters. The molecule has 5 rings (SSSR count). The lowest BCUT2D eigenvalue weighted by Crippen LogP contribution is -2.23. The predicted molar refractivity (Wildman–Crippen MR) is 149 cm³/mol. The van der Waals surface area contributed by atoms with Gasteiger partial charge < -0.3 is 23.8 Å². The molecule has 0 saturated heterocycles. The molecule has 0 fully saturated rings. The Labute approximate surface area is 225 Å². The van der Waals surface area contributed by atoms with Crippen LogP contribution in [0, 0.1) is 11.9 Å². The maximum absolute atomic E-state index is 14.6.